The molecular weight excluding hydrogens is 219 g/mol. The van der Waals surface area contributed by atoms with Crippen LogP contribution < -0.4 is 24.6 Å². The summed E-state index contributed by atoms with van der Waals surface area (Å²) in [7, 11) is 0. The first-order valence-corrected chi connectivity index (χ1v) is 4.99. The van der Waals surface area contributed by atoms with Crippen molar-refractivity contribution in [2.24, 2.45) is 0 Å². The molecule has 0 radical (unpaired) electrons. The maximum atomic E-state index is 8.86. The molecule has 2 rings (SSSR count). The Labute approximate surface area is 119 Å². The Hall–Kier alpha value is -2.00. The largest absolute Gasteiger partial charge is 1.00 e. The molecule has 0 aliphatic heterocycles. The second-order valence-electron chi connectivity index (χ2n) is 3.33. The normalized spacial score (nSPS) is 8.17. The third kappa shape index (κ3) is 4.89. The number of rotatable bonds is 0. The van der Waals surface area contributed by atoms with Gasteiger partial charge < -0.3 is 10.8 Å². The molecule has 2 aromatic rings. The van der Waals surface area contributed by atoms with Crippen molar-refractivity contribution in [2.75, 3.05) is 5.73 Å². The Kier molecular flexibility index (Phi) is 7.24. The van der Waals surface area contributed by atoms with Crippen LogP contribution in [0, 0.1) is 18.3 Å². The number of para-hydroxylation sites is 2. The second-order valence-corrected chi connectivity index (χ2v) is 3.33. The number of hydrogen-bond acceptors (Lipinski definition) is 3. The minimum absolute atomic E-state index is 0. The topological polar surface area (TPSA) is 70.0 Å². The Bertz CT molecular complexity index is 514. The number of anilines is 1. The minimum atomic E-state index is 0. The van der Waals surface area contributed by atoms with Crippen LogP contribution in [0.3, 0.4) is 0 Å². The van der Waals surface area contributed by atoms with Gasteiger partial charge in [-0.05, 0) is 12.1 Å². The van der Waals surface area contributed by atoms with E-state index in [1.165, 1.54) is 0 Å². The summed E-state index contributed by atoms with van der Waals surface area (Å²) >= 11 is 0. The summed E-state index contributed by atoms with van der Waals surface area (Å²) in [6.07, 6.45) is 0. The van der Waals surface area contributed by atoms with Crippen LogP contribution in [0.25, 0.3) is 0 Å². The Morgan fingerprint density at radius 1 is 1.06 bits per heavy atom. The Balaban J connectivity index is 0.000000306. The van der Waals surface area contributed by atoms with Crippen molar-refractivity contribution < 1.29 is 24.0 Å². The molecule has 0 heterocycles. The van der Waals surface area contributed by atoms with E-state index < -0.39 is 0 Å². The van der Waals surface area contributed by atoms with Crippen LogP contribution in [-0.4, -0.2) is 5.11 Å². The summed E-state index contributed by atoms with van der Waals surface area (Å²) in [6.45, 7) is 3.57. The molecule has 0 spiro atoms. The number of benzene rings is 2. The SMILES string of the molecule is N#Cc1ccccc1N.[CH2-]c1ccccc1O.[Li+]. The fourth-order valence-corrected chi connectivity index (χ4v) is 1.11. The van der Waals surface area contributed by atoms with Gasteiger partial charge in [0.1, 0.15) is 6.07 Å². The van der Waals surface area contributed by atoms with Crippen molar-refractivity contribution in [3.63, 3.8) is 0 Å². The number of nitrogen functional groups attached to an aromatic ring is 1. The van der Waals surface area contributed by atoms with Crippen molar-refractivity contribution in [1.82, 2.24) is 0 Å². The molecule has 0 aliphatic rings. The van der Waals surface area contributed by atoms with E-state index in [2.05, 4.69) is 6.92 Å². The molecule has 3 N–H and O–H groups in total. The zero-order valence-corrected chi connectivity index (χ0v) is 10.3. The number of phenolic OH excluding ortho intramolecular Hbond substituents is 1. The first kappa shape index (κ1) is 16.0. The maximum Gasteiger partial charge on any atom is 1.00 e. The van der Waals surface area contributed by atoms with Gasteiger partial charge in [0.25, 0.3) is 0 Å². The molecule has 0 aliphatic carbocycles. The van der Waals surface area contributed by atoms with Gasteiger partial charge >= 0.3 is 18.9 Å². The summed E-state index contributed by atoms with van der Waals surface area (Å²) in [6, 6.07) is 15.9. The Morgan fingerprint density at radius 3 is 2.00 bits per heavy atom. The fourth-order valence-electron chi connectivity index (χ4n) is 1.11. The molecule has 0 atom stereocenters. The van der Waals surface area contributed by atoms with E-state index in [1.807, 2.05) is 12.1 Å². The first-order chi connectivity index (χ1) is 8.15. The smallest absolute Gasteiger partial charge is 0.565 e. The summed E-state index contributed by atoms with van der Waals surface area (Å²) in [5, 5.41) is 17.2. The number of phenols is 1. The molecule has 0 amide bonds. The van der Waals surface area contributed by atoms with E-state index in [4.69, 9.17) is 16.1 Å². The first-order valence-electron chi connectivity index (χ1n) is 4.99. The van der Waals surface area contributed by atoms with Crippen LogP contribution in [0.2, 0.25) is 0 Å². The monoisotopic (exact) mass is 232 g/mol. The maximum absolute atomic E-state index is 8.86. The van der Waals surface area contributed by atoms with Crippen molar-refractivity contribution in [2.45, 2.75) is 0 Å². The standard InChI is InChI=1S/C7H6N2.C7H7O.Li/c8-5-6-3-1-2-4-7(6)9;1-6-4-2-3-5-7(6)8;/h1-4H,9H2;2-5,8H,1H2;/q;-1;+1. The molecule has 0 fully saturated rings. The molecule has 86 valence electrons. The van der Waals surface area contributed by atoms with E-state index in [9.17, 15) is 0 Å². The number of nitriles is 1. The second kappa shape index (κ2) is 8.14. The molecule has 4 heteroatoms. The van der Waals surface area contributed by atoms with Gasteiger partial charge in [-0.3, -0.25) is 0 Å². The zero-order valence-electron chi connectivity index (χ0n) is 10.3. The van der Waals surface area contributed by atoms with Gasteiger partial charge in [-0.15, -0.1) is 6.07 Å². The van der Waals surface area contributed by atoms with Crippen LogP contribution in [0.5, 0.6) is 5.75 Å². The molecule has 0 aromatic heterocycles. The third-order valence-corrected chi connectivity index (χ3v) is 2.07. The number of aromatic hydroxyl groups is 1. The molecule has 0 saturated heterocycles. The molecule has 0 bridgehead atoms. The van der Waals surface area contributed by atoms with Crippen molar-refractivity contribution in [3.8, 4) is 11.8 Å². The van der Waals surface area contributed by atoms with Crippen LogP contribution in [0.1, 0.15) is 11.1 Å². The molecule has 0 unspecified atom stereocenters. The fraction of sp³-hybridized carbons (Fsp3) is 0. The van der Waals surface area contributed by atoms with E-state index in [0.29, 0.717) is 16.8 Å². The van der Waals surface area contributed by atoms with Crippen molar-refractivity contribution in [1.29, 1.82) is 5.26 Å². The summed E-state index contributed by atoms with van der Waals surface area (Å²) < 4.78 is 0. The summed E-state index contributed by atoms with van der Waals surface area (Å²) in [4.78, 5) is 0. The Morgan fingerprint density at radius 2 is 1.61 bits per heavy atom. The van der Waals surface area contributed by atoms with Gasteiger partial charge in [0, 0.05) is 11.4 Å². The number of nitrogens with two attached hydrogens (primary N) is 1. The van der Waals surface area contributed by atoms with Gasteiger partial charge in [0.05, 0.1) is 5.56 Å². The van der Waals surface area contributed by atoms with Gasteiger partial charge in [-0.25, -0.2) is 0 Å². The van der Waals surface area contributed by atoms with Crippen LogP contribution >= 0.6 is 0 Å². The number of hydrogen-bond donors (Lipinski definition) is 2. The predicted octanol–water partition coefficient (Wildman–Crippen LogP) is -0.281. The summed E-state index contributed by atoms with van der Waals surface area (Å²) in [5.41, 5.74) is 7.16. The molecule has 18 heavy (non-hydrogen) atoms. The van der Waals surface area contributed by atoms with E-state index >= 15 is 0 Å². The number of nitrogens with zero attached hydrogens (tertiary/aromatic N) is 1. The van der Waals surface area contributed by atoms with Crippen LogP contribution in [0.15, 0.2) is 48.5 Å². The minimum Gasteiger partial charge on any atom is -0.565 e. The van der Waals surface area contributed by atoms with Crippen LogP contribution in [-0.2, 0) is 0 Å². The van der Waals surface area contributed by atoms with E-state index in [-0.39, 0.29) is 24.6 Å². The molecule has 3 nitrogen and oxygen atoms in total. The van der Waals surface area contributed by atoms with Crippen molar-refractivity contribution in [3.05, 3.63) is 66.6 Å². The van der Waals surface area contributed by atoms with Crippen LogP contribution in [0.4, 0.5) is 5.69 Å². The molecule has 0 saturated carbocycles. The molecular formula is C14H13LiN2O. The van der Waals surface area contributed by atoms with Gasteiger partial charge in [0.2, 0.25) is 0 Å². The zero-order chi connectivity index (χ0) is 12.7. The van der Waals surface area contributed by atoms with E-state index in [1.54, 1.807) is 42.5 Å². The average Bonchev–Trinajstić information content (AvgIpc) is 2.34. The van der Waals surface area contributed by atoms with Gasteiger partial charge in [-0.1, -0.05) is 24.3 Å². The van der Waals surface area contributed by atoms with Crippen molar-refractivity contribution >= 4 is 5.69 Å². The molecule has 2 aromatic carbocycles. The third-order valence-electron chi connectivity index (χ3n) is 2.07. The van der Waals surface area contributed by atoms with Gasteiger partial charge in [-0.2, -0.15) is 23.8 Å². The van der Waals surface area contributed by atoms with E-state index in [0.717, 1.165) is 0 Å². The average molecular weight is 232 g/mol. The predicted molar refractivity (Wildman–Crippen MR) is 68.1 cm³/mol. The summed E-state index contributed by atoms with van der Waals surface area (Å²) in [5.74, 6) is 0.257. The van der Waals surface area contributed by atoms with Gasteiger partial charge in [0.15, 0.2) is 0 Å². The quantitative estimate of drug-likeness (QED) is 0.373.